The molecule has 0 radical (unpaired) electrons. The molecule has 4 heteroatoms. The number of benzene rings is 1. The maximum atomic E-state index is 12.7. The van der Waals surface area contributed by atoms with Gasteiger partial charge in [-0.15, -0.1) is 0 Å². The van der Waals surface area contributed by atoms with E-state index in [0.29, 0.717) is 12.0 Å². The Hall–Kier alpha value is -2.10. The molecule has 0 aliphatic heterocycles. The quantitative estimate of drug-likeness (QED) is 0.833. The molecule has 0 aliphatic carbocycles. The molecule has 1 aromatic carbocycles. The van der Waals surface area contributed by atoms with E-state index in [2.05, 4.69) is 4.98 Å². The van der Waals surface area contributed by atoms with Crippen LogP contribution in [0.3, 0.4) is 0 Å². The summed E-state index contributed by atoms with van der Waals surface area (Å²) in [5, 5.41) is 8.89. The van der Waals surface area contributed by atoms with Crippen LogP contribution < -0.4 is 0 Å². The van der Waals surface area contributed by atoms with Gasteiger partial charge in [-0.2, -0.15) is 0 Å². The van der Waals surface area contributed by atoms with Crippen LogP contribution in [-0.4, -0.2) is 16.1 Å². The molecule has 2 N–H and O–H groups in total. The fourth-order valence-electron chi connectivity index (χ4n) is 1.57. The van der Waals surface area contributed by atoms with Crippen LogP contribution in [0.2, 0.25) is 0 Å². The first-order chi connectivity index (χ1) is 7.66. The molecule has 1 heterocycles. The Morgan fingerprint density at radius 1 is 1.25 bits per heavy atom. The molecular formula is C12H10FNO2. The number of rotatable bonds is 3. The molecular weight excluding hydrogens is 209 g/mol. The molecule has 0 spiro atoms. The van der Waals surface area contributed by atoms with E-state index in [1.165, 1.54) is 12.1 Å². The van der Waals surface area contributed by atoms with Crippen molar-refractivity contribution in [3.05, 3.63) is 59.2 Å². The summed E-state index contributed by atoms with van der Waals surface area (Å²) in [5.74, 6) is -1.28. The maximum Gasteiger partial charge on any atom is 0.352 e. The van der Waals surface area contributed by atoms with Crippen LogP contribution in [-0.2, 0) is 6.42 Å². The van der Waals surface area contributed by atoms with Crippen LogP contribution in [0.5, 0.6) is 0 Å². The second-order valence-electron chi connectivity index (χ2n) is 3.49. The van der Waals surface area contributed by atoms with Crippen molar-refractivity contribution in [2.45, 2.75) is 6.42 Å². The highest BCUT2D eigenvalue weighted by Gasteiger charge is 2.11. The number of aromatic amines is 1. The van der Waals surface area contributed by atoms with Crippen LogP contribution in [0.15, 0.2) is 36.5 Å². The third kappa shape index (κ3) is 2.11. The summed E-state index contributed by atoms with van der Waals surface area (Å²) in [7, 11) is 0. The van der Waals surface area contributed by atoms with E-state index in [1.54, 1.807) is 24.4 Å². The molecule has 0 saturated heterocycles. The van der Waals surface area contributed by atoms with E-state index >= 15 is 0 Å². The molecule has 0 unspecified atom stereocenters. The van der Waals surface area contributed by atoms with Crippen LogP contribution in [0.4, 0.5) is 4.39 Å². The van der Waals surface area contributed by atoms with E-state index in [-0.39, 0.29) is 11.5 Å². The van der Waals surface area contributed by atoms with Gasteiger partial charge in [-0.3, -0.25) is 0 Å². The predicted octanol–water partition coefficient (Wildman–Crippen LogP) is 2.44. The van der Waals surface area contributed by atoms with Crippen LogP contribution in [0.1, 0.15) is 21.6 Å². The van der Waals surface area contributed by atoms with Crippen LogP contribution in [0.25, 0.3) is 0 Å². The number of hydrogen-bond donors (Lipinski definition) is 2. The second kappa shape index (κ2) is 4.18. The summed E-state index contributed by atoms with van der Waals surface area (Å²) >= 11 is 0. The Balaban J connectivity index is 2.23. The Bertz CT molecular complexity index is 502. The highest BCUT2D eigenvalue weighted by atomic mass is 19.1. The van der Waals surface area contributed by atoms with Gasteiger partial charge in [0, 0.05) is 6.20 Å². The summed E-state index contributed by atoms with van der Waals surface area (Å²) in [6.45, 7) is 0. The van der Waals surface area contributed by atoms with Gasteiger partial charge in [0.25, 0.3) is 0 Å². The SMILES string of the molecule is O=C(O)c1[nH]ccc1Cc1ccc(F)cc1. The van der Waals surface area contributed by atoms with Crippen molar-refractivity contribution in [3.8, 4) is 0 Å². The van der Waals surface area contributed by atoms with Crippen molar-refractivity contribution >= 4 is 5.97 Å². The zero-order chi connectivity index (χ0) is 11.5. The number of aromatic carboxylic acids is 1. The lowest BCUT2D eigenvalue weighted by Gasteiger charge is -2.01. The summed E-state index contributed by atoms with van der Waals surface area (Å²) in [4.78, 5) is 13.5. The number of H-pyrrole nitrogens is 1. The first-order valence-electron chi connectivity index (χ1n) is 4.81. The van der Waals surface area contributed by atoms with E-state index in [1.807, 2.05) is 0 Å². The summed E-state index contributed by atoms with van der Waals surface area (Å²) in [5.41, 5.74) is 1.76. The fourth-order valence-corrected chi connectivity index (χ4v) is 1.57. The second-order valence-corrected chi connectivity index (χ2v) is 3.49. The average molecular weight is 219 g/mol. The van der Waals surface area contributed by atoms with Crippen LogP contribution >= 0.6 is 0 Å². The Morgan fingerprint density at radius 3 is 2.56 bits per heavy atom. The van der Waals surface area contributed by atoms with Gasteiger partial charge in [0.15, 0.2) is 0 Å². The molecule has 0 atom stereocenters. The van der Waals surface area contributed by atoms with E-state index < -0.39 is 5.97 Å². The molecule has 82 valence electrons. The highest BCUT2D eigenvalue weighted by molar-refractivity contribution is 5.87. The first kappa shape index (κ1) is 10.4. The Kier molecular flexibility index (Phi) is 2.72. The van der Waals surface area contributed by atoms with E-state index in [9.17, 15) is 9.18 Å². The molecule has 0 saturated carbocycles. The van der Waals surface area contributed by atoms with Gasteiger partial charge in [-0.25, -0.2) is 9.18 Å². The Labute approximate surface area is 91.5 Å². The van der Waals surface area contributed by atoms with Gasteiger partial charge >= 0.3 is 5.97 Å². The molecule has 0 aliphatic rings. The minimum absolute atomic E-state index is 0.185. The molecule has 0 amide bonds. The van der Waals surface area contributed by atoms with Crippen molar-refractivity contribution < 1.29 is 14.3 Å². The third-order valence-electron chi connectivity index (χ3n) is 2.36. The first-order valence-corrected chi connectivity index (χ1v) is 4.81. The summed E-state index contributed by atoms with van der Waals surface area (Å²) in [6, 6.07) is 7.74. The molecule has 0 bridgehead atoms. The third-order valence-corrected chi connectivity index (χ3v) is 2.36. The fraction of sp³-hybridized carbons (Fsp3) is 0.0833. The number of carboxylic acid groups (broad SMARTS) is 1. The lowest BCUT2D eigenvalue weighted by atomic mass is 10.1. The molecule has 3 nitrogen and oxygen atoms in total. The van der Waals surface area contributed by atoms with E-state index in [4.69, 9.17) is 5.11 Å². The van der Waals surface area contributed by atoms with Crippen molar-refractivity contribution in [2.24, 2.45) is 0 Å². The standard InChI is InChI=1S/C12H10FNO2/c13-10-3-1-8(2-4-10)7-9-5-6-14-11(9)12(15)16/h1-6,14H,7H2,(H,15,16). The zero-order valence-electron chi connectivity index (χ0n) is 8.40. The van der Waals surface area contributed by atoms with Gasteiger partial charge in [0.1, 0.15) is 11.5 Å². The van der Waals surface area contributed by atoms with Crippen molar-refractivity contribution in [1.82, 2.24) is 4.98 Å². The van der Waals surface area contributed by atoms with Gasteiger partial charge in [-0.1, -0.05) is 12.1 Å². The molecule has 0 fully saturated rings. The predicted molar refractivity (Wildman–Crippen MR) is 57.0 cm³/mol. The minimum Gasteiger partial charge on any atom is -0.477 e. The van der Waals surface area contributed by atoms with Gasteiger partial charge in [-0.05, 0) is 35.7 Å². The Morgan fingerprint density at radius 2 is 1.94 bits per heavy atom. The normalized spacial score (nSPS) is 10.3. The number of nitrogens with one attached hydrogen (secondary N) is 1. The minimum atomic E-state index is -0.984. The number of halogens is 1. The average Bonchev–Trinajstić information content (AvgIpc) is 2.69. The number of aromatic nitrogens is 1. The van der Waals surface area contributed by atoms with Crippen molar-refractivity contribution in [1.29, 1.82) is 0 Å². The topological polar surface area (TPSA) is 53.1 Å². The lowest BCUT2D eigenvalue weighted by molar-refractivity contribution is 0.0690. The molecule has 2 aromatic rings. The lowest BCUT2D eigenvalue weighted by Crippen LogP contribution is -2.01. The van der Waals surface area contributed by atoms with Gasteiger partial charge < -0.3 is 10.1 Å². The largest absolute Gasteiger partial charge is 0.477 e. The molecule has 2 rings (SSSR count). The number of hydrogen-bond acceptors (Lipinski definition) is 1. The van der Waals surface area contributed by atoms with Crippen molar-refractivity contribution in [3.63, 3.8) is 0 Å². The zero-order valence-corrected chi connectivity index (χ0v) is 8.40. The molecule has 16 heavy (non-hydrogen) atoms. The monoisotopic (exact) mass is 219 g/mol. The van der Waals surface area contributed by atoms with Crippen LogP contribution in [0, 0.1) is 5.82 Å². The van der Waals surface area contributed by atoms with Gasteiger partial charge in [0.05, 0.1) is 0 Å². The number of carboxylic acids is 1. The highest BCUT2D eigenvalue weighted by Crippen LogP contribution is 2.13. The molecule has 1 aromatic heterocycles. The van der Waals surface area contributed by atoms with Crippen molar-refractivity contribution in [2.75, 3.05) is 0 Å². The van der Waals surface area contributed by atoms with Gasteiger partial charge in [0.2, 0.25) is 0 Å². The summed E-state index contributed by atoms with van der Waals surface area (Å²) in [6.07, 6.45) is 2.06. The smallest absolute Gasteiger partial charge is 0.352 e. The summed E-state index contributed by atoms with van der Waals surface area (Å²) < 4.78 is 12.7. The van der Waals surface area contributed by atoms with E-state index in [0.717, 1.165) is 5.56 Å². The number of carbonyl (C=O) groups is 1. The maximum absolute atomic E-state index is 12.7.